The van der Waals surface area contributed by atoms with Gasteiger partial charge in [0.2, 0.25) is 0 Å². The van der Waals surface area contributed by atoms with E-state index in [0.29, 0.717) is 11.5 Å². The number of alkyl halides is 3. The van der Waals surface area contributed by atoms with E-state index in [1.165, 1.54) is 18.6 Å². The van der Waals surface area contributed by atoms with Gasteiger partial charge in [0.05, 0.1) is 18.4 Å². The van der Waals surface area contributed by atoms with E-state index in [2.05, 4.69) is 9.97 Å². The number of rotatable bonds is 4. The summed E-state index contributed by atoms with van der Waals surface area (Å²) in [4.78, 5) is 9.58. The topological polar surface area (TPSA) is 57.7 Å². The summed E-state index contributed by atoms with van der Waals surface area (Å²) in [6.07, 6.45) is -0.154. The third kappa shape index (κ3) is 3.95. The van der Waals surface area contributed by atoms with Gasteiger partial charge in [0.15, 0.2) is 0 Å². The molecule has 0 atom stereocenters. The van der Waals surface area contributed by atoms with Gasteiger partial charge in [-0.2, -0.15) is 18.4 Å². The molecule has 110 valence electrons. The highest BCUT2D eigenvalue weighted by molar-refractivity contribution is 5.45. The fourth-order valence-corrected chi connectivity index (χ4v) is 1.81. The smallest absolute Gasteiger partial charge is 0.366 e. The molecule has 0 saturated carbocycles. The Hall–Kier alpha value is -2.56. The summed E-state index contributed by atoms with van der Waals surface area (Å²) in [7, 11) is 1.72. The molecule has 8 heteroatoms. The van der Waals surface area contributed by atoms with Crippen molar-refractivity contribution >= 4 is 5.69 Å². The molecule has 0 aliphatic heterocycles. The van der Waals surface area contributed by atoms with Crippen LogP contribution in [0.5, 0.6) is 0 Å². The predicted octanol–water partition coefficient (Wildman–Crippen LogP) is 2.35. The third-order valence-corrected chi connectivity index (χ3v) is 2.83. The highest BCUT2D eigenvalue weighted by Crippen LogP contribution is 2.19. The van der Waals surface area contributed by atoms with Crippen LogP contribution in [0.2, 0.25) is 0 Å². The van der Waals surface area contributed by atoms with Gasteiger partial charge in [0.25, 0.3) is 0 Å². The van der Waals surface area contributed by atoms with Crippen molar-refractivity contribution in [2.45, 2.75) is 19.3 Å². The molecule has 0 aliphatic rings. The molecule has 2 aromatic heterocycles. The van der Waals surface area contributed by atoms with Gasteiger partial charge in [-0.15, -0.1) is 0 Å². The highest BCUT2D eigenvalue weighted by atomic mass is 19.4. The Kier molecular flexibility index (Phi) is 4.12. The molecule has 0 unspecified atom stereocenters. The molecule has 0 N–H and O–H groups in total. The minimum absolute atomic E-state index is 0.205. The van der Waals surface area contributed by atoms with Crippen molar-refractivity contribution in [3.63, 3.8) is 0 Å². The Morgan fingerprint density at radius 2 is 2.10 bits per heavy atom. The van der Waals surface area contributed by atoms with Gasteiger partial charge in [-0.25, -0.2) is 9.97 Å². The SMILES string of the molecule is CN(Cc1nccn1CC(F)(F)F)c1ccc(C#N)nc1. The van der Waals surface area contributed by atoms with Crippen molar-refractivity contribution in [2.24, 2.45) is 0 Å². The standard InChI is InChI=1S/C13H12F3N5/c1-20(11-3-2-10(6-17)19-7-11)8-12-18-4-5-21(12)9-13(14,15)16/h2-5,7H,8-9H2,1H3. The van der Waals surface area contributed by atoms with Crippen LogP contribution in [0, 0.1) is 11.3 Å². The number of pyridine rings is 1. The van der Waals surface area contributed by atoms with Crippen LogP contribution < -0.4 is 4.90 Å². The molecule has 0 radical (unpaired) electrons. The maximum Gasteiger partial charge on any atom is 0.406 e. The lowest BCUT2D eigenvalue weighted by Gasteiger charge is -2.19. The minimum atomic E-state index is -4.29. The Morgan fingerprint density at radius 3 is 2.67 bits per heavy atom. The second-order valence-corrected chi connectivity index (χ2v) is 4.46. The van der Waals surface area contributed by atoms with E-state index in [4.69, 9.17) is 5.26 Å². The molecule has 0 saturated heterocycles. The van der Waals surface area contributed by atoms with Crippen molar-refractivity contribution in [1.29, 1.82) is 5.26 Å². The first-order valence-corrected chi connectivity index (χ1v) is 6.03. The van der Waals surface area contributed by atoms with Gasteiger partial charge in [0.1, 0.15) is 24.1 Å². The molecule has 0 aromatic carbocycles. The average Bonchev–Trinajstić information content (AvgIpc) is 2.84. The number of anilines is 1. The van der Waals surface area contributed by atoms with Crippen LogP contribution in [0.3, 0.4) is 0 Å². The molecule has 2 rings (SSSR count). The normalized spacial score (nSPS) is 11.2. The maximum atomic E-state index is 12.4. The summed E-state index contributed by atoms with van der Waals surface area (Å²) >= 11 is 0. The first-order chi connectivity index (χ1) is 9.89. The predicted molar refractivity (Wildman–Crippen MR) is 69.3 cm³/mol. The summed E-state index contributed by atoms with van der Waals surface area (Å²) in [5, 5.41) is 8.67. The lowest BCUT2D eigenvalue weighted by Crippen LogP contribution is -2.23. The van der Waals surface area contributed by atoms with Crippen molar-refractivity contribution in [3.05, 3.63) is 42.2 Å². The van der Waals surface area contributed by atoms with Crippen LogP contribution in [0.15, 0.2) is 30.7 Å². The van der Waals surface area contributed by atoms with Gasteiger partial charge in [-0.3, -0.25) is 0 Å². The van der Waals surface area contributed by atoms with E-state index in [1.807, 2.05) is 6.07 Å². The van der Waals surface area contributed by atoms with Crippen LogP contribution in [-0.4, -0.2) is 27.8 Å². The van der Waals surface area contributed by atoms with E-state index < -0.39 is 12.7 Å². The summed E-state index contributed by atoms with van der Waals surface area (Å²) in [6.45, 7) is -0.863. The van der Waals surface area contributed by atoms with Crippen LogP contribution in [0.1, 0.15) is 11.5 Å². The molecule has 0 fully saturated rings. The van der Waals surface area contributed by atoms with Gasteiger partial charge >= 0.3 is 6.18 Å². The second-order valence-electron chi connectivity index (χ2n) is 4.46. The first kappa shape index (κ1) is 14.8. The Labute approximate surface area is 119 Å². The highest BCUT2D eigenvalue weighted by Gasteiger charge is 2.28. The van der Waals surface area contributed by atoms with E-state index in [0.717, 1.165) is 4.57 Å². The average molecular weight is 295 g/mol. The van der Waals surface area contributed by atoms with Gasteiger partial charge in [-0.05, 0) is 12.1 Å². The fourth-order valence-electron chi connectivity index (χ4n) is 1.81. The molecule has 2 aromatic rings. The first-order valence-electron chi connectivity index (χ1n) is 6.03. The Balaban J connectivity index is 2.11. The zero-order valence-electron chi connectivity index (χ0n) is 11.2. The fraction of sp³-hybridized carbons (Fsp3) is 0.308. The van der Waals surface area contributed by atoms with Crippen molar-refractivity contribution in [2.75, 3.05) is 11.9 Å². The number of nitriles is 1. The van der Waals surface area contributed by atoms with Crippen LogP contribution >= 0.6 is 0 Å². The molecule has 21 heavy (non-hydrogen) atoms. The van der Waals surface area contributed by atoms with E-state index in [-0.39, 0.29) is 12.2 Å². The minimum Gasteiger partial charge on any atom is -0.366 e. The summed E-state index contributed by atoms with van der Waals surface area (Å²) < 4.78 is 38.4. The summed E-state index contributed by atoms with van der Waals surface area (Å²) in [5.74, 6) is 0.305. The third-order valence-electron chi connectivity index (χ3n) is 2.83. The molecule has 0 spiro atoms. The molecule has 2 heterocycles. The molecule has 0 amide bonds. The zero-order chi connectivity index (χ0) is 15.5. The van der Waals surface area contributed by atoms with Gasteiger partial charge in [0, 0.05) is 19.4 Å². The molecule has 5 nitrogen and oxygen atoms in total. The van der Waals surface area contributed by atoms with E-state index in [1.54, 1.807) is 24.1 Å². The van der Waals surface area contributed by atoms with Crippen LogP contribution in [0.4, 0.5) is 18.9 Å². The molecular weight excluding hydrogens is 283 g/mol. The van der Waals surface area contributed by atoms with E-state index in [9.17, 15) is 13.2 Å². The zero-order valence-corrected chi connectivity index (χ0v) is 11.2. The monoisotopic (exact) mass is 295 g/mol. The number of hydrogen-bond donors (Lipinski definition) is 0. The van der Waals surface area contributed by atoms with Crippen LogP contribution in [0.25, 0.3) is 0 Å². The largest absolute Gasteiger partial charge is 0.406 e. The molecular formula is C13H12F3N5. The Morgan fingerprint density at radius 1 is 1.33 bits per heavy atom. The van der Waals surface area contributed by atoms with E-state index >= 15 is 0 Å². The van der Waals surface area contributed by atoms with Crippen LogP contribution in [-0.2, 0) is 13.1 Å². The number of imidazole rings is 1. The van der Waals surface area contributed by atoms with Crippen molar-refractivity contribution in [3.8, 4) is 6.07 Å². The van der Waals surface area contributed by atoms with Gasteiger partial charge < -0.3 is 9.47 Å². The Bertz CT molecular complexity index is 639. The summed E-state index contributed by atoms with van der Waals surface area (Å²) in [6, 6.07) is 5.14. The maximum absolute atomic E-state index is 12.4. The summed E-state index contributed by atoms with van der Waals surface area (Å²) in [5.41, 5.74) is 0.973. The molecule has 0 aliphatic carbocycles. The van der Waals surface area contributed by atoms with Gasteiger partial charge in [-0.1, -0.05) is 0 Å². The van der Waals surface area contributed by atoms with Crippen molar-refractivity contribution < 1.29 is 13.2 Å². The number of hydrogen-bond acceptors (Lipinski definition) is 4. The number of halogens is 3. The van der Waals surface area contributed by atoms with Crippen molar-refractivity contribution in [1.82, 2.24) is 14.5 Å². The number of nitrogens with zero attached hydrogens (tertiary/aromatic N) is 5. The lowest BCUT2D eigenvalue weighted by molar-refractivity contribution is -0.141. The lowest BCUT2D eigenvalue weighted by atomic mass is 10.3. The quantitative estimate of drug-likeness (QED) is 0.868. The molecule has 0 bridgehead atoms. The second kappa shape index (κ2) is 5.83. The number of aromatic nitrogens is 3.